The number of likely N-dealkylation sites (N-methyl/N-ethyl adjacent to an activating group) is 1. The van der Waals surface area contributed by atoms with Gasteiger partial charge in [-0.2, -0.15) is 5.10 Å². The molecule has 2 aromatic rings. The molecule has 142 valence electrons. The molecule has 0 saturated carbocycles. The van der Waals surface area contributed by atoms with Crippen LogP contribution >= 0.6 is 24.8 Å². The second kappa shape index (κ2) is 8.75. The van der Waals surface area contributed by atoms with E-state index in [0.29, 0.717) is 18.3 Å². The number of hydrogen-bond donors (Lipinski definition) is 1. The number of halogens is 2. The lowest BCUT2D eigenvalue weighted by Crippen LogP contribution is -2.42. The van der Waals surface area contributed by atoms with E-state index in [0.717, 1.165) is 43.9 Å². The minimum Gasteiger partial charge on any atom is -0.371 e. The lowest BCUT2D eigenvalue weighted by molar-refractivity contribution is 0.0980. The second-order valence-corrected chi connectivity index (χ2v) is 6.55. The van der Waals surface area contributed by atoms with Crippen LogP contribution in [0.3, 0.4) is 0 Å². The Hall–Kier alpha value is -1.76. The fraction of sp³-hybridized carbons (Fsp3) is 0.444. The average Bonchev–Trinajstić information content (AvgIpc) is 3.13. The van der Waals surface area contributed by atoms with Gasteiger partial charge in [0.05, 0.1) is 17.4 Å². The van der Waals surface area contributed by atoms with Crippen LogP contribution in [0.1, 0.15) is 29.4 Å². The molecule has 1 amide bonds. The van der Waals surface area contributed by atoms with Gasteiger partial charge in [0.25, 0.3) is 5.91 Å². The maximum Gasteiger partial charge on any atom is 0.278 e. The van der Waals surface area contributed by atoms with Gasteiger partial charge >= 0.3 is 0 Å². The molecule has 1 saturated heterocycles. The van der Waals surface area contributed by atoms with Gasteiger partial charge in [-0.1, -0.05) is 12.1 Å². The zero-order valence-corrected chi connectivity index (χ0v) is 16.4. The molecule has 8 heteroatoms. The van der Waals surface area contributed by atoms with E-state index >= 15 is 0 Å². The Bertz CT molecular complexity index is 745. The molecule has 1 unspecified atom stereocenters. The minimum atomic E-state index is -0.0157. The standard InChI is InChI=1S/C18H23N5O.2ClH/c1-21-11-12-22(17-7-3-2-6-16(17)21)18(24)15-8-10-23(20-15)14-5-4-9-19-13-14;;/h2-3,6-8,10,14,19H,4-5,9,11-13H2,1H3;2*1H. The van der Waals surface area contributed by atoms with Gasteiger partial charge in [-0.25, -0.2) is 0 Å². The van der Waals surface area contributed by atoms with E-state index in [9.17, 15) is 4.79 Å². The van der Waals surface area contributed by atoms with Crippen molar-refractivity contribution in [2.45, 2.75) is 18.9 Å². The molecule has 4 rings (SSSR count). The van der Waals surface area contributed by atoms with E-state index in [1.54, 1.807) is 0 Å². The molecule has 1 aromatic heterocycles. The number of anilines is 2. The fourth-order valence-corrected chi connectivity index (χ4v) is 3.57. The third-order valence-corrected chi connectivity index (χ3v) is 4.96. The van der Waals surface area contributed by atoms with Crippen molar-refractivity contribution in [2.75, 3.05) is 43.0 Å². The van der Waals surface area contributed by atoms with E-state index in [4.69, 9.17) is 0 Å². The molecule has 0 radical (unpaired) electrons. The predicted octanol–water partition coefficient (Wildman–Crippen LogP) is 2.75. The molecular formula is C18H25Cl2N5O. The first-order valence-electron chi connectivity index (χ1n) is 8.62. The van der Waals surface area contributed by atoms with Gasteiger partial charge in [0, 0.05) is 32.9 Å². The summed E-state index contributed by atoms with van der Waals surface area (Å²) in [5.74, 6) is -0.0157. The van der Waals surface area contributed by atoms with Crippen molar-refractivity contribution in [3.8, 4) is 0 Å². The number of piperidine rings is 1. The zero-order chi connectivity index (χ0) is 16.5. The number of amides is 1. The predicted molar refractivity (Wildman–Crippen MR) is 109 cm³/mol. The summed E-state index contributed by atoms with van der Waals surface area (Å²) in [6.45, 7) is 3.51. The second-order valence-electron chi connectivity index (χ2n) is 6.55. The number of benzene rings is 1. The Morgan fingerprint density at radius 3 is 2.65 bits per heavy atom. The fourth-order valence-electron chi connectivity index (χ4n) is 3.57. The van der Waals surface area contributed by atoms with Crippen LogP contribution < -0.4 is 15.1 Å². The molecule has 1 aromatic carbocycles. The number of carbonyl (C=O) groups is 1. The van der Waals surface area contributed by atoms with Crippen LogP contribution in [-0.2, 0) is 0 Å². The lowest BCUT2D eigenvalue weighted by atomic mass is 10.1. The molecule has 0 bridgehead atoms. The van der Waals surface area contributed by atoms with Gasteiger partial charge in [-0.05, 0) is 37.6 Å². The van der Waals surface area contributed by atoms with Crippen LogP contribution in [0.25, 0.3) is 0 Å². The van der Waals surface area contributed by atoms with Crippen molar-refractivity contribution in [3.05, 3.63) is 42.2 Å². The highest BCUT2D eigenvalue weighted by atomic mass is 35.5. The summed E-state index contributed by atoms with van der Waals surface area (Å²) in [5, 5.41) is 7.96. The van der Waals surface area contributed by atoms with Crippen molar-refractivity contribution in [1.29, 1.82) is 0 Å². The Morgan fingerprint density at radius 1 is 1.15 bits per heavy atom. The first kappa shape index (κ1) is 20.6. The van der Waals surface area contributed by atoms with Gasteiger partial charge in [0.15, 0.2) is 5.69 Å². The topological polar surface area (TPSA) is 53.4 Å². The van der Waals surface area contributed by atoms with Crippen LogP contribution in [0.15, 0.2) is 36.5 Å². The zero-order valence-electron chi connectivity index (χ0n) is 14.8. The molecule has 1 fully saturated rings. The van der Waals surface area contributed by atoms with E-state index in [1.165, 1.54) is 0 Å². The quantitative estimate of drug-likeness (QED) is 0.846. The average molecular weight is 398 g/mol. The van der Waals surface area contributed by atoms with Crippen molar-refractivity contribution >= 4 is 42.1 Å². The monoisotopic (exact) mass is 397 g/mol. The SMILES string of the molecule is CN1CCN(C(=O)c2ccn(C3CCCNC3)n2)c2ccccc21.Cl.Cl. The summed E-state index contributed by atoms with van der Waals surface area (Å²) in [4.78, 5) is 17.0. The van der Waals surface area contributed by atoms with Gasteiger partial charge in [-0.3, -0.25) is 9.48 Å². The first-order valence-corrected chi connectivity index (χ1v) is 8.62. The number of fused-ring (bicyclic) bond motifs is 1. The number of aromatic nitrogens is 2. The smallest absolute Gasteiger partial charge is 0.278 e. The molecule has 2 aliphatic rings. The summed E-state index contributed by atoms with van der Waals surface area (Å²) in [7, 11) is 2.06. The molecular weight excluding hydrogens is 373 g/mol. The number of nitrogens with zero attached hydrogens (tertiary/aromatic N) is 4. The highest BCUT2D eigenvalue weighted by Crippen LogP contribution is 2.32. The number of nitrogens with one attached hydrogen (secondary N) is 1. The largest absolute Gasteiger partial charge is 0.371 e. The molecule has 1 N–H and O–H groups in total. The summed E-state index contributed by atoms with van der Waals surface area (Å²) in [6, 6.07) is 10.2. The molecule has 3 heterocycles. The van der Waals surface area contributed by atoms with E-state index < -0.39 is 0 Å². The Balaban J connectivity index is 0.00000121. The van der Waals surface area contributed by atoms with Gasteiger partial charge in [0.2, 0.25) is 0 Å². The van der Waals surface area contributed by atoms with Gasteiger partial charge in [0.1, 0.15) is 0 Å². The molecule has 0 spiro atoms. The van der Waals surface area contributed by atoms with Crippen LogP contribution in [0, 0.1) is 0 Å². The number of rotatable bonds is 2. The van der Waals surface area contributed by atoms with Gasteiger partial charge < -0.3 is 15.1 Å². The minimum absolute atomic E-state index is 0. The van der Waals surface area contributed by atoms with Crippen molar-refractivity contribution in [1.82, 2.24) is 15.1 Å². The molecule has 0 aliphatic carbocycles. The summed E-state index contributed by atoms with van der Waals surface area (Å²) >= 11 is 0. The number of carbonyl (C=O) groups excluding carboxylic acids is 1. The van der Waals surface area contributed by atoms with Crippen molar-refractivity contribution in [3.63, 3.8) is 0 Å². The number of para-hydroxylation sites is 2. The van der Waals surface area contributed by atoms with E-state index in [1.807, 2.05) is 40.0 Å². The van der Waals surface area contributed by atoms with Crippen molar-refractivity contribution in [2.24, 2.45) is 0 Å². The first-order chi connectivity index (χ1) is 11.7. The van der Waals surface area contributed by atoms with Crippen LogP contribution in [-0.4, -0.2) is 48.9 Å². The summed E-state index contributed by atoms with van der Waals surface area (Å²) in [6.07, 6.45) is 4.20. The number of hydrogen-bond acceptors (Lipinski definition) is 4. The summed E-state index contributed by atoms with van der Waals surface area (Å²) in [5.41, 5.74) is 2.58. The van der Waals surface area contributed by atoms with E-state index in [2.05, 4.69) is 28.4 Å². The Labute approximate surface area is 166 Å². The van der Waals surface area contributed by atoms with Crippen molar-refractivity contribution < 1.29 is 4.79 Å². The highest BCUT2D eigenvalue weighted by Gasteiger charge is 2.27. The molecule has 6 nitrogen and oxygen atoms in total. The maximum atomic E-state index is 13.0. The third-order valence-electron chi connectivity index (χ3n) is 4.96. The molecule has 26 heavy (non-hydrogen) atoms. The van der Waals surface area contributed by atoms with Crippen LogP contribution in [0.4, 0.5) is 11.4 Å². The van der Waals surface area contributed by atoms with Gasteiger partial charge in [-0.15, -0.1) is 24.8 Å². The Kier molecular flexibility index (Phi) is 6.92. The molecule has 2 aliphatic heterocycles. The molecule has 1 atom stereocenters. The summed E-state index contributed by atoms with van der Waals surface area (Å²) < 4.78 is 1.95. The van der Waals surface area contributed by atoms with Crippen LogP contribution in [0.2, 0.25) is 0 Å². The third kappa shape index (κ3) is 3.82. The van der Waals surface area contributed by atoms with E-state index in [-0.39, 0.29) is 30.7 Å². The highest BCUT2D eigenvalue weighted by molar-refractivity contribution is 6.07. The lowest BCUT2D eigenvalue weighted by Gasteiger charge is -2.35. The Morgan fingerprint density at radius 2 is 1.92 bits per heavy atom. The van der Waals surface area contributed by atoms with Crippen LogP contribution in [0.5, 0.6) is 0 Å². The normalized spacial score (nSPS) is 19.2. The maximum absolute atomic E-state index is 13.0.